The molecule has 1 aliphatic rings. The van der Waals surface area contributed by atoms with Gasteiger partial charge in [-0.15, -0.1) is 0 Å². The van der Waals surface area contributed by atoms with Gasteiger partial charge in [-0.25, -0.2) is 19.2 Å². The lowest BCUT2D eigenvalue weighted by Gasteiger charge is -2.31. The van der Waals surface area contributed by atoms with Crippen molar-refractivity contribution in [2.75, 3.05) is 39.3 Å². The van der Waals surface area contributed by atoms with Gasteiger partial charge in [0.15, 0.2) is 17.3 Å². The van der Waals surface area contributed by atoms with Crippen molar-refractivity contribution in [3.8, 4) is 11.5 Å². The van der Waals surface area contributed by atoms with Gasteiger partial charge in [0.2, 0.25) is 0 Å². The van der Waals surface area contributed by atoms with E-state index in [0.717, 1.165) is 11.1 Å². The number of hydrogen-bond donors (Lipinski definition) is 0. The molecular weight excluding hydrogens is 511 g/mol. The summed E-state index contributed by atoms with van der Waals surface area (Å²) in [6.45, 7) is 2.09. The number of likely N-dealkylation sites (tertiary alicyclic amines) is 1. The number of halogens is 1. The summed E-state index contributed by atoms with van der Waals surface area (Å²) in [5, 5.41) is 0.278. The van der Waals surface area contributed by atoms with Crippen LogP contribution in [0.3, 0.4) is 0 Å². The van der Waals surface area contributed by atoms with E-state index in [1.807, 2.05) is 60.7 Å². The second-order valence-electron chi connectivity index (χ2n) is 9.78. The molecule has 0 saturated carbocycles. The predicted octanol–water partition coefficient (Wildman–Crippen LogP) is 5.94. The van der Waals surface area contributed by atoms with Crippen molar-refractivity contribution < 1.29 is 23.4 Å². The molecule has 0 unspecified atom stereocenters. The number of piperidine rings is 1. The Morgan fingerprint density at radius 3 is 2.05 bits per heavy atom. The average molecular weight is 545 g/mol. The van der Waals surface area contributed by atoms with Gasteiger partial charge in [0.1, 0.15) is 11.6 Å². The van der Waals surface area contributed by atoms with Gasteiger partial charge >= 0.3 is 6.09 Å². The molecule has 0 radical (unpaired) electrons. The highest BCUT2D eigenvalue weighted by Gasteiger charge is 2.29. The van der Waals surface area contributed by atoms with E-state index in [2.05, 4.69) is 4.90 Å². The Bertz CT molecular complexity index is 1420. The van der Waals surface area contributed by atoms with Crippen molar-refractivity contribution in [3.05, 3.63) is 89.5 Å². The molecule has 3 aromatic carbocycles. The van der Waals surface area contributed by atoms with Crippen molar-refractivity contribution in [2.24, 2.45) is 0 Å². The van der Waals surface area contributed by atoms with Crippen molar-refractivity contribution >= 4 is 22.8 Å². The van der Waals surface area contributed by atoms with Crippen LogP contribution in [-0.4, -0.2) is 55.4 Å². The molecule has 40 heavy (non-hydrogen) atoms. The number of fused-ring (bicyclic) bond motifs is 1. The Hall–Kier alpha value is -4.40. The number of nitrogens with zero attached hydrogens (tertiary/aromatic N) is 4. The number of hydrogen-bond acceptors (Lipinski definition) is 7. The molecule has 8 nitrogen and oxygen atoms in total. The molecule has 0 spiro atoms. The molecule has 1 amide bonds. The first kappa shape index (κ1) is 27.2. The van der Waals surface area contributed by atoms with Gasteiger partial charge in [-0.1, -0.05) is 60.7 Å². The zero-order valence-electron chi connectivity index (χ0n) is 23.0. The highest BCUT2D eigenvalue weighted by atomic mass is 19.1. The molecule has 0 bridgehead atoms. The fourth-order valence-corrected chi connectivity index (χ4v) is 5.23. The molecule has 1 aliphatic heterocycles. The third kappa shape index (κ3) is 5.64. The minimum absolute atomic E-state index is 0.00415. The first-order chi connectivity index (χ1) is 19.5. The highest BCUT2D eigenvalue weighted by molar-refractivity contribution is 5.93. The number of methoxy groups -OCH3 is 3. The van der Waals surface area contributed by atoms with E-state index in [1.165, 1.54) is 21.3 Å². The number of carbonyl (C=O) groups excluding carboxylic acids is 1. The van der Waals surface area contributed by atoms with Crippen LogP contribution in [0.15, 0.2) is 66.7 Å². The summed E-state index contributed by atoms with van der Waals surface area (Å²) in [7, 11) is 4.28. The Labute approximate surface area is 233 Å². The Balaban J connectivity index is 1.65. The van der Waals surface area contributed by atoms with Crippen LogP contribution in [0.4, 0.5) is 15.0 Å². The summed E-state index contributed by atoms with van der Waals surface area (Å²) in [4.78, 5) is 25.7. The van der Waals surface area contributed by atoms with Gasteiger partial charge < -0.3 is 24.0 Å². The lowest BCUT2D eigenvalue weighted by molar-refractivity contribution is 0.111. The molecule has 4 aromatic rings. The SMILES string of the molecule is COC(=O)N1CCC(c2nc(N(Cc3ccccc3)Cc3ccccc3)c3c(F)c(OC)c(OC)cc3n2)CC1. The van der Waals surface area contributed by atoms with Gasteiger partial charge in [0, 0.05) is 38.2 Å². The van der Waals surface area contributed by atoms with Crippen LogP contribution >= 0.6 is 0 Å². The summed E-state index contributed by atoms with van der Waals surface area (Å²) < 4.78 is 32.0. The number of rotatable bonds is 8. The van der Waals surface area contributed by atoms with E-state index < -0.39 is 5.82 Å². The fraction of sp³-hybridized carbons (Fsp3) is 0.323. The predicted molar refractivity (Wildman–Crippen MR) is 151 cm³/mol. The smallest absolute Gasteiger partial charge is 0.409 e. The molecule has 1 saturated heterocycles. The molecule has 0 aliphatic carbocycles. The summed E-state index contributed by atoms with van der Waals surface area (Å²) >= 11 is 0. The van der Waals surface area contributed by atoms with E-state index >= 15 is 4.39 Å². The third-order valence-electron chi connectivity index (χ3n) is 7.29. The van der Waals surface area contributed by atoms with Gasteiger partial charge in [0.05, 0.1) is 32.2 Å². The zero-order valence-corrected chi connectivity index (χ0v) is 23.0. The molecule has 0 N–H and O–H groups in total. The number of ether oxygens (including phenoxy) is 3. The van der Waals surface area contributed by atoms with Crippen LogP contribution in [-0.2, 0) is 17.8 Å². The number of amides is 1. The topological polar surface area (TPSA) is 77.0 Å². The largest absolute Gasteiger partial charge is 0.493 e. The standard InChI is InChI=1S/C31H33FN4O4/c1-38-25-18-24-26(27(32)28(25)39-2)30(34-29(33-24)23-14-16-35(17-15-23)31(37)40-3)36(19-21-10-6-4-7-11-21)20-22-12-8-5-9-13-22/h4-13,18,23H,14-17,19-20H2,1-3H3. The summed E-state index contributed by atoms with van der Waals surface area (Å²) in [5.41, 5.74) is 2.58. The lowest BCUT2D eigenvalue weighted by atomic mass is 9.96. The van der Waals surface area contributed by atoms with E-state index in [4.69, 9.17) is 24.2 Å². The monoisotopic (exact) mass is 544 g/mol. The van der Waals surface area contributed by atoms with E-state index in [0.29, 0.717) is 56.2 Å². The minimum atomic E-state index is -0.565. The molecular formula is C31H33FN4O4. The minimum Gasteiger partial charge on any atom is -0.493 e. The number of aromatic nitrogens is 2. The number of benzene rings is 3. The number of carbonyl (C=O) groups is 1. The van der Waals surface area contributed by atoms with E-state index in [-0.39, 0.29) is 28.9 Å². The van der Waals surface area contributed by atoms with Crippen LogP contribution in [0, 0.1) is 5.82 Å². The average Bonchev–Trinajstić information content (AvgIpc) is 3.00. The summed E-state index contributed by atoms with van der Waals surface area (Å²) in [6, 6.07) is 21.8. The fourth-order valence-electron chi connectivity index (χ4n) is 5.23. The second kappa shape index (κ2) is 12.2. The van der Waals surface area contributed by atoms with Crippen LogP contribution < -0.4 is 14.4 Å². The Morgan fingerprint density at radius 1 is 0.925 bits per heavy atom. The zero-order chi connectivity index (χ0) is 28.1. The van der Waals surface area contributed by atoms with Crippen molar-refractivity contribution in [3.63, 3.8) is 0 Å². The highest BCUT2D eigenvalue weighted by Crippen LogP contribution is 2.41. The summed E-state index contributed by atoms with van der Waals surface area (Å²) in [5.74, 6) is 0.812. The maximum absolute atomic E-state index is 16.2. The van der Waals surface area contributed by atoms with Crippen molar-refractivity contribution in [2.45, 2.75) is 31.8 Å². The van der Waals surface area contributed by atoms with Crippen LogP contribution in [0.25, 0.3) is 10.9 Å². The van der Waals surface area contributed by atoms with E-state index in [9.17, 15) is 4.79 Å². The number of anilines is 1. The Kier molecular flexibility index (Phi) is 8.28. The van der Waals surface area contributed by atoms with Gasteiger partial charge in [0.25, 0.3) is 0 Å². The van der Waals surface area contributed by atoms with Gasteiger partial charge in [-0.05, 0) is 24.0 Å². The molecule has 208 valence electrons. The first-order valence-corrected chi connectivity index (χ1v) is 13.3. The van der Waals surface area contributed by atoms with Gasteiger partial charge in [-0.3, -0.25) is 0 Å². The lowest BCUT2D eigenvalue weighted by Crippen LogP contribution is -2.38. The quantitative estimate of drug-likeness (QED) is 0.272. The third-order valence-corrected chi connectivity index (χ3v) is 7.29. The van der Waals surface area contributed by atoms with Crippen molar-refractivity contribution in [1.29, 1.82) is 0 Å². The van der Waals surface area contributed by atoms with E-state index in [1.54, 1.807) is 11.0 Å². The van der Waals surface area contributed by atoms with Crippen LogP contribution in [0.1, 0.15) is 35.7 Å². The maximum atomic E-state index is 16.2. The van der Waals surface area contributed by atoms with Crippen LogP contribution in [0.2, 0.25) is 0 Å². The summed E-state index contributed by atoms with van der Waals surface area (Å²) in [6.07, 6.45) is 1.01. The molecule has 0 atom stereocenters. The molecule has 2 heterocycles. The molecule has 1 aromatic heterocycles. The first-order valence-electron chi connectivity index (χ1n) is 13.3. The van der Waals surface area contributed by atoms with Crippen LogP contribution in [0.5, 0.6) is 11.5 Å². The van der Waals surface area contributed by atoms with Crippen molar-refractivity contribution in [1.82, 2.24) is 14.9 Å². The molecule has 5 rings (SSSR count). The molecule has 9 heteroatoms. The normalized spacial score (nSPS) is 13.8. The second-order valence-corrected chi connectivity index (χ2v) is 9.78. The van der Waals surface area contributed by atoms with Gasteiger partial charge in [-0.2, -0.15) is 0 Å². The Morgan fingerprint density at radius 2 is 1.52 bits per heavy atom. The maximum Gasteiger partial charge on any atom is 0.409 e. The molecule has 1 fully saturated rings.